The van der Waals surface area contributed by atoms with Crippen LogP contribution in [0.3, 0.4) is 0 Å². The van der Waals surface area contributed by atoms with Gasteiger partial charge in [-0.2, -0.15) is 0 Å². The largest absolute Gasteiger partial charge is 0.497 e. The van der Waals surface area contributed by atoms with Crippen LogP contribution in [-0.4, -0.2) is 13.0 Å². The van der Waals surface area contributed by atoms with Crippen molar-refractivity contribution in [3.8, 4) is 16.9 Å². The predicted octanol–water partition coefficient (Wildman–Crippen LogP) is 5.30. The van der Waals surface area contributed by atoms with Gasteiger partial charge < -0.3 is 9.15 Å². The van der Waals surface area contributed by atoms with E-state index in [-0.39, 0.29) is 29.2 Å². The van der Waals surface area contributed by atoms with Crippen molar-refractivity contribution in [1.82, 2.24) is 0 Å². The molecular formula is C24H18ClNO4. The molecule has 0 saturated heterocycles. The molecule has 0 atom stereocenters. The molecule has 6 heteroatoms. The topological polar surface area (TPSA) is 68.5 Å². The summed E-state index contributed by atoms with van der Waals surface area (Å²) in [6, 6.07) is 21.1. The Bertz CT molecular complexity index is 1260. The molecule has 150 valence electrons. The molecule has 1 heterocycles. The lowest BCUT2D eigenvalue weighted by atomic mass is 10.0. The van der Waals surface area contributed by atoms with Gasteiger partial charge >= 0.3 is 0 Å². The van der Waals surface area contributed by atoms with Gasteiger partial charge in [-0.1, -0.05) is 54.1 Å². The van der Waals surface area contributed by atoms with E-state index in [2.05, 4.69) is 5.32 Å². The Balaban J connectivity index is 1.81. The van der Waals surface area contributed by atoms with Crippen LogP contribution in [0.25, 0.3) is 22.1 Å². The summed E-state index contributed by atoms with van der Waals surface area (Å²) in [5.74, 6) is 0.468. The molecule has 1 aromatic heterocycles. The molecule has 0 aliphatic heterocycles. The summed E-state index contributed by atoms with van der Waals surface area (Å²) >= 11 is 6.08. The van der Waals surface area contributed by atoms with Crippen LogP contribution in [0.2, 0.25) is 5.02 Å². The van der Waals surface area contributed by atoms with E-state index in [4.69, 9.17) is 20.8 Å². The molecule has 0 spiro atoms. The van der Waals surface area contributed by atoms with Crippen molar-refractivity contribution in [2.45, 2.75) is 6.42 Å². The lowest BCUT2D eigenvalue weighted by Crippen LogP contribution is -2.18. The summed E-state index contributed by atoms with van der Waals surface area (Å²) in [5, 5.41) is 3.53. The van der Waals surface area contributed by atoms with Gasteiger partial charge in [0.15, 0.2) is 0 Å². The van der Waals surface area contributed by atoms with Crippen molar-refractivity contribution in [3.63, 3.8) is 0 Å². The summed E-state index contributed by atoms with van der Waals surface area (Å²) in [4.78, 5) is 25.9. The number of fused-ring (bicyclic) bond motifs is 1. The summed E-state index contributed by atoms with van der Waals surface area (Å²) in [6.07, 6.45) is 0.158. The average Bonchev–Trinajstić information content (AvgIpc) is 2.75. The number of amides is 1. The van der Waals surface area contributed by atoms with Gasteiger partial charge in [-0.05, 0) is 41.5 Å². The minimum absolute atomic E-state index is 0.0981. The number of hydrogen-bond donors (Lipinski definition) is 1. The molecule has 0 radical (unpaired) electrons. The number of anilines is 1. The zero-order valence-corrected chi connectivity index (χ0v) is 16.9. The van der Waals surface area contributed by atoms with Crippen LogP contribution in [-0.2, 0) is 11.2 Å². The van der Waals surface area contributed by atoms with Gasteiger partial charge in [-0.15, -0.1) is 0 Å². The Kier molecular flexibility index (Phi) is 5.55. The quantitative estimate of drug-likeness (QED) is 0.476. The summed E-state index contributed by atoms with van der Waals surface area (Å²) in [7, 11) is 1.57. The van der Waals surface area contributed by atoms with E-state index in [0.29, 0.717) is 27.3 Å². The number of hydrogen-bond acceptors (Lipinski definition) is 4. The second-order valence-corrected chi connectivity index (χ2v) is 7.15. The number of halogens is 1. The number of carbonyl (C=O) groups is 1. The summed E-state index contributed by atoms with van der Waals surface area (Å²) in [6.45, 7) is 0. The highest BCUT2D eigenvalue weighted by atomic mass is 35.5. The molecule has 3 aromatic carbocycles. The van der Waals surface area contributed by atoms with E-state index in [1.807, 2.05) is 30.3 Å². The second-order valence-electron chi connectivity index (χ2n) is 6.71. The van der Waals surface area contributed by atoms with E-state index in [9.17, 15) is 9.59 Å². The third-order valence-electron chi connectivity index (χ3n) is 4.69. The zero-order valence-electron chi connectivity index (χ0n) is 16.1. The number of benzene rings is 3. The van der Waals surface area contributed by atoms with Crippen molar-refractivity contribution >= 4 is 34.4 Å². The highest BCUT2D eigenvalue weighted by Crippen LogP contribution is 2.31. The fourth-order valence-corrected chi connectivity index (χ4v) is 3.40. The first-order chi connectivity index (χ1) is 14.5. The lowest BCUT2D eigenvalue weighted by Gasteiger charge is -2.12. The van der Waals surface area contributed by atoms with Crippen molar-refractivity contribution < 1.29 is 13.9 Å². The first kappa shape index (κ1) is 19.7. The van der Waals surface area contributed by atoms with Crippen LogP contribution < -0.4 is 15.5 Å². The van der Waals surface area contributed by atoms with Gasteiger partial charge in [0.25, 0.3) is 0 Å². The molecule has 0 aliphatic carbocycles. The molecule has 4 rings (SSSR count). The first-order valence-corrected chi connectivity index (χ1v) is 9.67. The van der Waals surface area contributed by atoms with E-state index in [1.165, 1.54) is 0 Å². The second kappa shape index (κ2) is 8.43. The molecule has 0 unspecified atom stereocenters. The van der Waals surface area contributed by atoms with Gasteiger partial charge in [0.1, 0.15) is 11.3 Å². The fourth-order valence-electron chi connectivity index (χ4n) is 3.23. The van der Waals surface area contributed by atoms with Crippen molar-refractivity contribution in [2.24, 2.45) is 0 Å². The van der Waals surface area contributed by atoms with Crippen molar-refractivity contribution in [3.05, 3.63) is 93.6 Å². The highest BCUT2D eigenvalue weighted by molar-refractivity contribution is 6.31. The number of nitrogens with one attached hydrogen (secondary N) is 1. The van der Waals surface area contributed by atoms with Gasteiger partial charge in [-0.25, -0.2) is 0 Å². The highest BCUT2D eigenvalue weighted by Gasteiger charge is 2.19. The molecule has 0 aliphatic rings. The smallest absolute Gasteiger partial charge is 0.231 e. The normalized spacial score (nSPS) is 10.7. The predicted molar refractivity (Wildman–Crippen MR) is 118 cm³/mol. The van der Waals surface area contributed by atoms with Crippen LogP contribution in [0.1, 0.15) is 5.56 Å². The van der Waals surface area contributed by atoms with Crippen molar-refractivity contribution in [2.75, 3.05) is 12.4 Å². The summed E-state index contributed by atoms with van der Waals surface area (Å²) < 4.78 is 11.1. The van der Waals surface area contributed by atoms with E-state index in [0.717, 1.165) is 5.56 Å². The Hall–Kier alpha value is -3.57. The van der Waals surface area contributed by atoms with Crippen LogP contribution in [0.5, 0.6) is 5.75 Å². The molecule has 0 bridgehead atoms. The van der Waals surface area contributed by atoms with Gasteiger partial charge in [0.05, 0.1) is 24.5 Å². The van der Waals surface area contributed by atoms with Gasteiger partial charge in [-0.3, -0.25) is 14.9 Å². The van der Waals surface area contributed by atoms with Crippen LogP contribution in [0.15, 0.2) is 82.0 Å². The number of ether oxygens (including phenoxy) is 1. The average molecular weight is 420 g/mol. The monoisotopic (exact) mass is 419 g/mol. The third kappa shape index (κ3) is 4.07. The molecule has 5 nitrogen and oxygen atoms in total. The molecule has 0 saturated carbocycles. The molecule has 1 N–H and O–H groups in total. The maximum atomic E-state index is 13.3. The number of methoxy groups -OCH3 is 1. The van der Waals surface area contributed by atoms with Crippen LogP contribution in [0.4, 0.5) is 5.88 Å². The van der Waals surface area contributed by atoms with Gasteiger partial charge in [0, 0.05) is 5.02 Å². The maximum Gasteiger partial charge on any atom is 0.231 e. The Morgan fingerprint density at radius 1 is 1.03 bits per heavy atom. The Labute approximate surface area is 177 Å². The Morgan fingerprint density at radius 2 is 1.77 bits per heavy atom. The summed E-state index contributed by atoms with van der Waals surface area (Å²) in [5.41, 5.74) is 1.78. The van der Waals surface area contributed by atoms with E-state index < -0.39 is 0 Å². The minimum Gasteiger partial charge on any atom is -0.497 e. The van der Waals surface area contributed by atoms with Crippen molar-refractivity contribution in [1.29, 1.82) is 0 Å². The molecule has 1 amide bonds. The zero-order chi connectivity index (χ0) is 21.1. The first-order valence-electron chi connectivity index (χ1n) is 9.30. The number of rotatable bonds is 5. The SMILES string of the molecule is COc1ccc(-c2c(NC(=O)Cc3ccccc3)oc3ccc(Cl)cc3c2=O)cc1. The standard InChI is InChI=1S/C24H18ClNO4/c1-29-18-10-7-16(8-11-18)22-23(28)19-14-17(25)9-12-20(19)30-24(22)26-21(27)13-15-5-3-2-4-6-15/h2-12,14H,13H2,1H3,(H,26,27). The fraction of sp³-hybridized carbons (Fsp3) is 0.0833. The lowest BCUT2D eigenvalue weighted by molar-refractivity contribution is -0.115. The van der Waals surface area contributed by atoms with E-state index >= 15 is 0 Å². The number of carbonyl (C=O) groups excluding carboxylic acids is 1. The van der Waals surface area contributed by atoms with Crippen LogP contribution >= 0.6 is 11.6 Å². The molecule has 0 fully saturated rings. The Morgan fingerprint density at radius 3 is 2.47 bits per heavy atom. The molecular weight excluding hydrogens is 402 g/mol. The minimum atomic E-state index is -0.285. The van der Waals surface area contributed by atoms with Gasteiger partial charge in [0.2, 0.25) is 17.2 Å². The van der Waals surface area contributed by atoms with Crippen LogP contribution in [0, 0.1) is 0 Å². The maximum absolute atomic E-state index is 13.3. The molecule has 30 heavy (non-hydrogen) atoms. The molecule has 4 aromatic rings. The van der Waals surface area contributed by atoms with E-state index in [1.54, 1.807) is 49.6 Å². The third-order valence-corrected chi connectivity index (χ3v) is 4.93.